The molecule has 0 atom stereocenters. The van der Waals surface area contributed by atoms with Crippen molar-refractivity contribution in [3.05, 3.63) is 34.9 Å². The second-order valence-corrected chi connectivity index (χ2v) is 4.84. The van der Waals surface area contributed by atoms with Gasteiger partial charge in [-0.1, -0.05) is 44.4 Å². The van der Waals surface area contributed by atoms with E-state index < -0.39 is 0 Å². The molecule has 0 aromatic heterocycles. The predicted octanol–water partition coefficient (Wildman–Crippen LogP) is 4.61. The normalized spacial score (nSPS) is 18.0. The van der Waals surface area contributed by atoms with E-state index in [1.165, 1.54) is 44.1 Å². The highest BCUT2D eigenvalue weighted by Gasteiger charge is 2.19. The Hall–Kier alpha value is -0.780. The van der Waals surface area contributed by atoms with Gasteiger partial charge in [0.05, 0.1) is 0 Å². The molecule has 0 heterocycles. The van der Waals surface area contributed by atoms with Gasteiger partial charge in [-0.25, -0.2) is 0 Å². The summed E-state index contributed by atoms with van der Waals surface area (Å²) >= 11 is 0. The molecule has 1 saturated carbocycles. The highest BCUT2D eigenvalue weighted by atomic mass is 14.2. The van der Waals surface area contributed by atoms with Crippen molar-refractivity contribution < 1.29 is 0 Å². The van der Waals surface area contributed by atoms with Gasteiger partial charge in [0.1, 0.15) is 0 Å². The van der Waals surface area contributed by atoms with Gasteiger partial charge in [-0.05, 0) is 48.8 Å². The molecule has 1 fully saturated rings. The number of hydrogen-bond acceptors (Lipinski definition) is 0. The molecule has 0 N–H and O–H groups in total. The van der Waals surface area contributed by atoms with Crippen LogP contribution in [0.4, 0.5) is 0 Å². The van der Waals surface area contributed by atoms with Crippen LogP contribution in [0.2, 0.25) is 0 Å². The van der Waals surface area contributed by atoms with E-state index in [4.69, 9.17) is 0 Å². The zero-order chi connectivity index (χ0) is 10.7. The van der Waals surface area contributed by atoms with Gasteiger partial charge >= 0.3 is 0 Å². The predicted molar refractivity (Wildman–Crippen MR) is 66.4 cm³/mol. The molecule has 1 aromatic rings. The molecule has 0 saturated heterocycles. The third-order valence-electron chi connectivity index (χ3n) is 3.81. The van der Waals surface area contributed by atoms with Crippen molar-refractivity contribution >= 4 is 0 Å². The van der Waals surface area contributed by atoms with Crippen LogP contribution in [0.3, 0.4) is 0 Å². The van der Waals surface area contributed by atoms with Crippen LogP contribution < -0.4 is 0 Å². The lowest BCUT2D eigenvalue weighted by molar-refractivity contribution is 0.440. The minimum Gasteiger partial charge on any atom is -0.0617 e. The third kappa shape index (κ3) is 2.25. The Morgan fingerprint density at radius 3 is 2.53 bits per heavy atom. The minimum absolute atomic E-state index is 0.856. The molecule has 1 aliphatic carbocycles. The lowest BCUT2D eigenvalue weighted by Crippen LogP contribution is -2.08. The Balaban J connectivity index is 2.31. The topological polar surface area (TPSA) is 0 Å². The second-order valence-electron chi connectivity index (χ2n) is 4.84. The molecular weight excluding hydrogens is 180 g/mol. The first-order valence-corrected chi connectivity index (χ1v) is 6.41. The fourth-order valence-corrected chi connectivity index (χ4v) is 3.03. The first-order chi connectivity index (χ1) is 7.33. The van der Waals surface area contributed by atoms with Gasteiger partial charge in [0.2, 0.25) is 0 Å². The smallest absolute Gasteiger partial charge is 0.0157 e. The molecule has 0 unspecified atom stereocenters. The van der Waals surface area contributed by atoms with Gasteiger partial charge in [-0.2, -0.15) is 0 Å². The monoisotopic (exact) mass is 202 g/mol. The number of benzene rings is 1. The summed E-state index contributed by atoms with van der Waals surface area (Å²) in [5, 5.41) is 0. The van der Waals surface area contributed by atoms with E-state index >= 15 is 0 Å². The summed E-state index contributed by atoms with van der Waals surface area (Å²) in [7, 11) is 0. The summed E-state index contributed by atoms with van der Waals surface area (Å²) in [5.41, 5.74) is 4.78. The minimum atomic E-state index is 0.856. The highest BCUT2D eigenvalue weighted by molar-refractivity contribution is 5.37. The summed E-state index contributed by atoms with van der Waals surface area (Å²) in [6, 6.07) is 6.81. The average Bonchev–Trinajstić information content (AvgIpc) is 2.29. The molecule has 0 spiro atoms. The first kappa shape index (κ1) is 10.7. The Labute approximate surface area is 93.7 Å². The second kappa shape index (κ2) is 4.83. The fraction of sp³-hybridized carbons (Fsp3) is 0.600. The van der Waals surface area contributed by atoms with Crippen molar-refractivity contribution in [1.82, 2.24) is 0 Å². The van der Waals surface area contributed by atoms with E-state index in [0.29, 0.717) is 0 Å². The van der Waals surface area contributed by atoms with Crippen molar-refractivity contribution in [2.24, 2.45) is 0 Å². The Morgan fingerprint density at radius 1 is 1.13 bits per heavy atom. The van der Waals surface area contributed by atoms with Gasteiger partial charge in [0.15, 0.2) is 0 Å². The molecule has 0 bridgehead atoms. The molecule has 0 radical (unpaired) electrons. The van der Waals surface area contributed by atoms with Crippen molar-refractivity contribution in [3.63, 3.8) is 0 Å². The highest BCUT2D eigenvalue weighted by Crippen LogP contribution is 2.36. The lowest BCUT2D eigenvalue weighted by Gasteiger charge is -2.25. The van der Waals surface area contributed by atoms with Crippen LogP contribution >= 0.6 is 0 Å². The maximum Gasteiger partial charge on any atom is -0.0157 e. The molecule has 0 heteroatoms. The molecule has 2 rings (SSSR count). The lowest BCUT2D eigenvalue weighted by atomic mass is 9.80. The maximum atomic E-state index is 2.32. The molecule has 0 aliphatic heterocycles. The van der Waals surface area contributed by atoms with Crippen molar-refractivity contribution in [2.45, 2.75) is 58.3 Å². The SMILES string of the molecule is CCc1cccc(C)c1C1CCCCC1. The van der Waals surface area contributed by atoms with Gasteiger partial charge < -0.3 is 0 Å². The van der Waals surface area contributed by atoms with Crippen LogP contribution in [0.1, 0.15) is 61.6 Å². The van der Waals surface area contributed by atoms with Crippen molar-refractivity contribution in [2.75, 3.05) is 0 Å². The van der Waals surface area contributed by atoms with E-state index in [-0.39, 0.29) is 0 Å². The largest absolute Gasteiger partial charge is 0.0617 e. The van der Waals surface area contributed by atoms with Gasteiger partial charge in [0.25, 0.3) is 0 Å². The van der Waals surface area contributed by atoms with Crippen LogP contribution in [-0.4, -0.2) is 0 Å². The molecule has 0 nitrogen and oxygen atoms in total. The Kier molecular flexibility index (Phi) is 3.45. The van der Waals surface area contributed by atoms with Crippen molar-refractivity contribution in [3.8, 4) is 0 Å². The standard InChI is InChI=1S/C15H22/c1-3-13-11-7-8-12(2)15(13)14-9-5-4-6-10-14/h7-8,11,14H,3-6,9-10H2,1-2H3. The van der Waals surface area contributed by atoms with Crippen LogP contribution in [0.5, 0.6) is 0 Å². The number of aryl methyl sites for hydroxylation is 2. The summed E-state index contributed by atoms with van der Waals surface area (Å²) in [6.07, 6.45) is 8.33. The average molecular weight is 202 g/mol. The summed E-state index contributed by atoms with van der Waals surface area (Å²) in [6.45, 7) is 4.56. The van der Waals surface area contributed by atoms with E-state index in [0.717, 1.165) is 5.92 Å². The van der Waals surface area contributed by atoms with E-state index in [1.54, 1.807) is 11.1 Å². The molecule has 15 heavy (non-hydrogen) atoms. The number of rotatable bonds is 2. The van der Waals surface area contributed by atoms with E-state index in [9.17, 15) is 0 Å². The maximum absolute atomic E-state index is 2.32. The van der Waals surface area contributed by atoms with Crippen LogP contribution in [0.15, 0.2) is 18.2 Å². The molecule has 1 aliphatic rings. The quantitative estimate of drug-likeness (QED) is 0.657. The fourth-order valence-electron chi connectivity index (χ4n) is 3.03. The van der Waals surface area contributed by atoms with Gasteiger partial charge in [0, 0.05) is 0 Å². The molecule has 0 amide bonds. The molecular formula is C15H22. The zero-order valence-corrected chi connectivity index (χ0v) is 10.1. The van der Waals surface area contributed by atoms with E-state index in [2.05, 4.69) is 32.0 Å². The van der Waals surface area contributed by atoms with Crippen molar-refractivity contribution in [1.29, 1.82) is 0 Å². The van der Waals surface area contributed by atoms with Gasteiger partial charge in [-0.15, -0.1) is 0 Å². The Morgan fingerprint density at radius 2 is 1.87 bits per heavy atom. The summed E-state index contributed by atoms with van der Waals surface area (Å²) < 4.78 is 0. The van der Waals surface area contributed by atoms with Crippen LogP contribution in [0.25, 0.3) is 0 Å². The number of hydrogen-bond donors (Lipinski definition) is 0. The summed E-state index contributed by atoms with van der Waals surface area (Å²) in [5.74, 6) is 0.856. The zero-order valence-electron chi connectivity index (χ0n) is 10.1. The van der Waals surface area contributed by atoms with Gasteiger partial charge in [-0.3, -0.25) is 0 Å². The van der Waals surface area contributed by atoms with Crippen LogP contribution in [0, 0.1) is 6.92 Å². The first-order valence-electron chi connectivity index (χ1n) is 6.41. The Bertz CT molecular complexity index is 319. The summed E-state index contributed by atoms with van der Waals surface area (Å²) in [4.78, 5) is 0. The molecule has 1 aromatic carbocycles. The third-order valence-corrected chi connectivity index (χ3v) is 3.81. The van der Waals surface area contributed by atoms with Crippen LogP contribution in [-0.2, 0) is 6.42 Å². The van der Waals surface area contributed by atoms with E-state index in [1.807, 2.05) is 0 Å². The molecule has 82 valence electrons.